The standard InChI is InChI=1S/C11H12N2O2S/c1-14-8-3-7(4-9(5-8)15-2)11-13-10(12)6-16-11/h3-6H,12H2,1-2H3. The first-order valence-corrected chi connectivity index (χ1v) is 5.55. The fraction of sp³-hybridized carbons (Fsp3) is 0.182. The number of nitrogens with zero attached hydrogens (tertiary/aromatic N) is 1. The zero-order valence-corrected chi connectivity index (χ0v) is 9.88. The Labute approximate surface area is 97.6 Å². The highest BCUT2D eigenvalue weighted by Crippen LogP contribution is 2.31. The SMILES string of the molecule is COc1cc(OC)cc(-c2nc(N)cs2)c1. The van der Waals surface area contributed by atoms with Crippen molar-refractivity contribution < 1.29 is 9.47 Å². The van der Waals surface area contributed by atoms with Gasteiger partial charge in [0.15, 0.2) is 0 Å². The number of aromatic nitrogens is 1. The van der Waals surface area contributed by atoms with Gasteiger partial charge in [0.25, 0.3) is 0 Å². The van der Waals surface area contributed by atoms with Crippen LogP contribution in [0.5, 0.6) is 11.5 Å². The molecule has 16 heavy (non-hydrogen) atoms. The van der Waals surface area contributed by atoms with Gasteiger partial charge in [-0.2, -0.15) is 0 Å². The van der Waals surface area contributed by atoms with E-state index in [9.17, 15) is 0 Å². The molecule has 0 saturated carbocycles. The van der Waals surface area contributed by atoms with E-state index >= 15 is 0 Å². The van der Waals surface area contributed by atoms with Crippen molar-refractivity contribution in [1.82, 2.24) is 4.98 Å². The van der Waals surface area contributed by atoms with Crippen LogP contribution < -0.4 is 15.2 Å². The van der Waals surface area contributed by atoms with E-state index in [1.54, 1.807) is 19.6 Å². The Kier molecular flexibility index (Phi) is 2.96. The minimum atomic E-state index is 0.529. The molecule has 2 N–H and O–H groups in total. The molecule has 1 aromatic carbocycles. The van der Waals surface area contributed by atoms with E-state index in [0.29, 0.717) is 5.82 Å². The first-order chi connectivity index (χ1) is 7.72. The van der Waals surface area contributed by atoms with Gasteiger partial charge >= 0.3 is 0 Å². The Morgan fingerprint density at radius 1 is 1.12 bits per heavy atom. The van der Waals surface area contributed by atoms with Crippen LogP contribution in [0.3, 0.4) is 0 Å². The van der Waals surface area contributed by atoms with E-state index in [1.807, 2.05) is 18.2 Å². The second kappa shape index (κ2) is 4.40. The minimum absolute atomic E-state index is 0.529. The number of thiazole rings is 1. The Morgan fingerprint density at radius 2 is 1.75 bits per heavy atom. The van der Waals surface area contributed by atoms with Gasteiger partial charge < -0.3 is 15.2 Å². The van der Waals surface area contributed by atoms with E-state index in [4.69, 9.17) is 15.2 Å². The number of methoxy groups -OCH3 is 2. The van der Waals surface area contributed by atoms with Gasteiger partial charge in [0.05, 0.1) is 14.2 Å². The molecule has 1 heterocycles. The Balaban J connectivity index is 2.47. The number of rotatable bonds is 3. The molecular weight excluding hydrogens is 224 g/mol. The van der Waals surface area contributed by atoms with Gasteiger partial charge in [-0.25, -0.2) is 4.98 Å². The van der Waals surface area contributed by atoms with Gasteiger partial charge in [-0.15, -0.1) is 11.3 Å². The van der Waals surface area contributed by atoms with Gasteiger partial charge in [0, 0.05) is 17.0 Å². The first-order valence-electron chi connectivity index (χ1n) is 4.67. The van der Waals surface area contributed by atoms with Gasteiger partial charge in [0.2, 0.25) is 0 Å². The van der Waals surface area contributed by atoms with Crippen molar-refractivity contribution in [3.63, 3.8) is 0 Å². The molecule has 0 spiro atoms. The summed E-state index contributed by atoms with van der Waals surface area (Å²) < 4.78 is 10.4. The first kappa shape index (κ1) is 10.8. The van der Waals surface area contributed by atoms with E-state index in [1.165, 1.54) is 11.3 Å². The molecule has 0 fully saturated rings. The number of hydrogen-bond acceptors (Lipinski definition) is 5. The molecule has 0 aliphatic carbocycles. The van der Waals surface area contributed by atoms with Gasteiger partial charge in [-0.1, -0.05) is 0 Å². The minimum Gasteiger partial charge on any atom is -0.497 e. The summed E-state index contributed by atoms with van der Waals surface area (Å²) in [7, 11) is 3.24. The monoisotopic (exact) mass is 236 g/mol. The number of nitrogens with two attached hydrogens (primary N) is 1. The van der Waals surface area contributed by atoms with Crippen molar-refractivity contribution in [2.24, 2.45) is 0 Å². The van der Waals surface area contributed by atoms with Crippen LogP contribution in [0.1, 0.15) is 0 Å². The Morgan fingerprint density at radius 3 is 2.19 bits per heavy atom. The number of anilines is 1. The zero-order valence-electron chi connectivity index (χ0n) is 9.06. The highest BCUT2D eigenvalue weighted by molar-refractivity contribution is 7.13. The lowest BCUT2D eigenvalue weighted by atomic mass is 10.2. The zero-order chi connectivity index (χ0) is 11.5. The molecule has 0 atom stereocenters. The predicted octanol–water partition coefficient (Wildman–Crippen LogP) is 2.41. The van der Waals surface area contributed by atoms with Crippen molar-refractivity contribution in [3.05, 3.63) is 23.6 Å². The number of hydrogen-bond donors (Lipinski definition) is 1. The molecule has 0 radical (unpaired) electrons. The normalized spacial score (nSPS) is 10.1. The summed E-state index contributed by atoms with van der Waals surface area (Å²) in [5, 5.41) is 2.66. The summed E-state index contributed by atoms with van der Waals surface area (Å²) >= 11 is 1.49. The fourth-order valence-electron chi connectivity index (χ4n) is 1.35. The lowest BCUT2D eigenvalue weighted by Crippen LogP contribution is -1.89. The third kappa shape index (κ3) is 2.09. The second-order valence-electron chi connectivity index (χ2n) is 3.18. The molecule has 0 unspecified atom stereocenters. The summed E-state index contributed by atoms with van der Waals surface area (Å²) in [5.41, 5.74) is 6.54. The summed E-state index contributed by atoms with van der Waals surface area (Å²) in [4.78, 5) is 4.22. The van der Waals surface area contributed by atoms with Crippen molar-refractivity contribution in [2.45, 2.75) is 0 Å². The van der Waals surface area contributed by atoms with Crippen LogP contribution in [0.25, 0.3) is 10.6 Å². The molecule has 0 aliphatic heterocycles. The lowest BCUT2D eigenvalue weighted by Gasteiger charge is -2.06. The van der Waals surface area contributed by atoms with Crippen LogP contribution in [0.4, 0.5) is 5.82 Å². The van der Waals surface area contributed by atoms with Crippen LogP contribution in [-0.2, 0) is 0 Å². The maximum atomic E-state index is 5.59. The molecule has 5 heteroatoms. The van der Waals surface area contributed by atoms with E-state index in [2.05, 4.69) is 4.98 Å². The molecular formula is C11H12N2O2S. The van der Waals surface area contributed by atoms with E-state index < -0.39 is 0 Å². The molecule has 0 bridgehead atoms. The Bertz CT molecular complexity index is 474. The maximum absolute atomic E-state index is 5.59. The van der Waals surface area contributed by atoms with Gasteiger partial charge in [-0.05, 0) is 12.1 Å². The summed E-state index contributed by atoms with van der Waals surface area (Å²) in [6.45, 7) is 0. The summed E-state index contributed by atoms with van der Waals surface area (Å²) in [6, 6.07) is 5.63. The molecule has 0 amide bonds. The molecule has 84 valence electrons. The summed E-state index contributed by atoms with van der Waals surface area (Å²) in [6.07, 6.45) is 0. The lowest BCUT2D eigenvalue weighted by molar-refractivity contribution is 0.394. The Hall–Kier alpha value is -1.75. The predicted molar refractivity (Wildman–Crippen MR) is 65.1 cm³/mol. The average molecular weight is 236 g/mol. The van der Waals surface area contributed by atoms with Crippen LogP contribution >= 0.6 is 11.3 Å². The van der Waals surface area contributed by atoms with Gasteiger partial charge in [-0.3, -0.25) is 0 Å². The average Bonchev–Trinajstić information content (AvgIpc) is 2.75. The van der Waals surface area contributed by atoms with Crippen LogP contribution in [0.2, 0.25) is 0 Å². The molecule has 4 nitrogen and oxygen atoms in total. The van der Waals surface area contributed by atoms with Crippen LogP contribution in [0.15, 0.2) is 23.6 Å². The highest BCUT2D eigenvalue weighted by atomic mass is 32.1. The summed E-state index contributed by atoms with van der Waals surface area (Å²) in [5.74, 6) is 2.01. The number of benzene rings is 1. The number of ether oxygens (including phenoxy) is 2. The van der Waals surface area contributed by atoms with E-state index in [0.717, 1.165) is 22.1 Å². The molecule has 2 aromatic rings. The smallest absolute Gasteiger partial charge is 0.135 e. The topological polar surface area (TPSA) is 57.4 Å². The highest BCUT2D eigenvalue weighted by Gasteiger charge is 2.07. The maximum Gasteiger partial charge on any atom is 0.135 e. The fourth-order valence-corrected chi connectivity index (χ4v) is 2.05. The van der Waals surface area contributed by atoms with Crippen molar-refractivity contribution in [2.75, 3.05) is 20.0 Å². The molecule has 0 aliphatic rings. The third-order valence-electron chi connectivity index (χ3n) is 2.12. The number of nitrogen functional groups attached to an aromatic ring is 1. The molecule has 2 rings (SSSR count). The van der Waals surface area contributed by atoms with Crippen molar-refractivity contribution in [1.29, 1.82) is 0 Å². The van der Waals surface area contributed by atoms with Crippen molar-refractivity contribution in [3.8, 4) is 22.1 Å². The quantitative estimate of drug-likeness (QED) is 0.889. The van der Waals surface area contributed by atoms with Crippen molar-refractivity contribution >= 4 is 17.2 Å². The largest absolute Gasteiger partial charge is 0.497 e. The molecule has 0 saturated heterocycles. The van der Waals surface area contributed by atoms with E-state index in [-0.39, 0.29) is 0 Å². The van der Waals surface area contributed by atoms with Crippen LogP contribution in [0, 0.1) is 0 Å². The molecule has 1 aromatic heterocycles. The third-order valence-corrected chi connectivity index (χ3v) is 3.03. The second-order valence-corrected chi connectivity index (χ2v) is 4.04. The van der Waals surface area contributed by atoms with Crippen LogP contribution in [-0.4, -0.2) is 19.2 Å². The van der Waals surface area contributed by atoms with Gasteiger partial charge in [0.1, 0.15) is 22.3 Å².